The van der Waals surface area contributed by atoms with Gasteiger partial charge in [-0.15, -0.1) is 0 Å². The molecular formula is C13H10N4O3. The van der Waals surface area contributed by atoms with E-state index in [1.807, 2.05) is 6.07 Å². The molecular weight excluding hydrogens is 260 g/mol. The lowest BCUT2D eigenvalue weighted by molar-refractivity contribution is -0.386. The Morgan fingerprint density at radius 3 is 2.60 bits per heavy atom. The number of hydrogen-bond acceptors (Lipinski definition) is 6. The molecule has 0 radical (unpaired) electrons. The molecule has 0 unspecified atom stereocenters. The van der Waals surface area contributed by atoms with Gasteiger partial charge in [0, 0.05) is 6.07 Å². The van der Waals surface area contributed by atoms with Gasteiger partial charge in [0.25, 0.3) is 0 Å². The molecule has 0 saturated heterocycles. The number of hydrogen-bond donors (Lipinski definition) is 1. The van der Waals surface area contributed by atoms with Crippen LogP contribution < -0.4 is 10.5 Å². The van der Waals surface area contributed by atoms with Crippen molar-refractivity contribution in [2.45, 2.75) is 6.42 Å². The molecule has 0 fully saturated rings. The zero-order valence-electron chi connectivity index (χ0n) is 10.3. The highest BCUT2D eigenvalue weighted by atomic mass is 16.6. The molecule has 2 N–H and O–H groups in total. The highest BCUT2D eigenvalue weighted by Crippen LogP contribution is 2.30. The third-order valence-corrected chi connectivity index (χ3v) is 2.48. The highest BCUT2D eigenvalue weighted by molar-refractivity contribution is 5.48. The summed E-state index contributed by atoms with van der Waals surface area (Å²) in [5, 5.41) is 19.4. The fourth-order valence-corrected chi connectivity index (χ4v) is 1.54. The number of benzene rings is 1. The lowest BCUT2D eigenvalue weighted by atomic mass is 10.2. The Balaban J connectivity index is 2.27. The molecule has 7 nitrogen and oxygen atoms in total. The maximum absolute atomic E-state index is 10.9. The second kappa shape index (κ2) is 5.67. The first-order valence-corrected chi connectivity index (χ1v) is 5.65. The van der Waals surface area contributed by atoms with Gasteiger partial charge >= 0.3 is 11.6 Å². The molecule has 0 aliphatic carbocycles. The molecule has 0 saturated carbocycles. The van der Waals surface area contributed by atoms with E-state index >= 15 is 0 Å². The van der Waals surface area contributed by atoms with E-state index in [0.717, 1.165) is 5.56 Å². The van der Waals surface area contributed by atoms with Crippen LogP contribution in [0.5, 0.6) is 11.6 Å². The smallest absolute Gasteiger partial charge is 0.331 e. The zero-order valence-corrected chi connectivity index (χ0v) is 10.3. The lowest BCUT2D eigenvalue weighted by Crippen LogP contribution is -1.99. The summed E-state index contributed by atoms with van der Waals surface area (Å²) >= 11 is 0. The van der Waals surface area contributed by atoms with Gasteiger partial charge in [-0.1, -0.05) is 12.1 Å². The molecule has 0 spiro atoms. The number of anilines is 1. The predicted octanol–water partition coefficient (Wildman–Crippen LogP) is 2.43. The van der Waals surface area contributed by atoms with Gasteiger partial charge in [0.05, 0.1) is 17.4 Å². The van der Waals surface area contributed by atoms with E-state index < -0.39 is 4.92 Å². The summed E-state index contributed by atoms with van der Waals surface area (Å²) in [7, 11) is 0. The molecule has 7 heteroatoms. The summed E-state index contributed by atoms with van der Waals surface area (Å²) in [6.07, 6.45) is 0.289. The number of nitrogens with two attached hydrogens (primary N) is 1. The summed E-state index contributed by atoms with van der Waals surface area (Å²) in [6, 6.07) is 11.2. The van der Waals surface area contributed by atoms with Crippen molar-refractivity contribution in [1.82, 2.24) is 4.98 Å². The molecule has 100 valence electrons. The maximum atomic E-state index is 10.9. The third kappa shape index (κ3) is 3.00. The number of nitriles is 1. The van der Waals surface area contributed by atoms with Crippen LogP contribution in [0, 0.1) is 21.4 Å². The monoisotopic (exact) mass is 270 g/mol. The minimum Gasteiger partial charge on any atom is -0.434 e. The van der Waals surface area contributed by atoms with E-state index in [4.69, 9.17) is 15.7 Å². The van der Waals surface area contributed by atoms with E-state index in [-0.39, 0.29) is 23.8 Å². The normalized spacial score (nSPS) is 9.75. The average molecular weight is 270 g/mol. The van der Waals surface area contributed by atoms with Gasteiger partial charge in [-0.2, -0.15) is 10.2 Å². The van der Waals surface area contributed by atoms with Crippen molar-refractivity contribution in [2.75, 3.05) is 5.73 Å². The van der Waals surface area contributed by atoms with Gasteiger partial charge < -0.3 is 10.5 Å². The lowest BCUT2D eigenvalue weighted by Gasteiger charge is -2.06. The van der Waals surface area contributed by atoms with E-state index in [1.165, 1.54) is 12.1 Å². The number of nitrogens with zero attached hydrogens (tertiary/aromatic N) is 3. The Hall–Kier alpha value is -3.14. The van der Waals surface area contributed by atoms with Crippen LogP contribution in [0.3, 0.4) is 0 Å². The molecule has 1 aromatic heterocycles. The predicted molar refractivity (Wildman–Crippen MR) is 71.1 cm³/mol. The zero-order chi connectivity index (χ0) is 14.5. The first-order chi connectivity index (χ1) is 9.60. The van der Waals surface area contributed by atoms with Crippen LogP contribution in [-0.4, -0.2) is 9.91 Å². The Morgan fingerprint density at radius 2 is 2.00 bits per heavy atom. The largest absolute Gasteiger partial charge is 0.434 e. The van der Waals surface area contributed by atoms with Gasteiger partial charge in [0.2, 0.25) is 0 Å². The number of nitrogen functional groups attached to an aromatic ring is 1. The van der Waals surface area contributed by atoms with Crippen LogP contribution in [-0.2, 0) is 6.42 Å². The van der Waals surface area contributed by atoms with Crippen molar-refractivity contribution in [3.63, 3.8) is 0 Å². The molecule has 1 heterocycles. The average Bonchev–Trinajstić information content (AvgIpc) is 2.41. The van der Waals surface area contributed by atoms with Crippen LogP contribution in [0.2, 0.25) is 0 Å². The topological polar surface area (TPSA) is 115 Å². The molecule has 0 amide bonds. The molecule has 0 aliphatic heterocycles. The Kier molecular flexibility index (Phi) is 3.77. The quantitative estimate of drug-likeness (QED) is 0.673. The number of pyridine rings is 1. The Morgan fingerprint density at radius 1 is 1.30 bits per heavy atom. The van der Waals surface area contributed by atoms with Gasteiger partial charge in [0.15, 0.2) is 0 Å². The fourth-order valence-electron chi connectivity index (χ4n) is 1.54. The summed E-state index contributed by atoms with van der Waals surface area (Å²) < 4.78 is 5.37. The fraction of sp³-hybridized carbons (Fsp3) is 0.0769. The first kappa shape index (κ1) is 13.3. The van der Waals surface area contributed by atoms with Gasteiger partial charge in [-0.25, -0.2) is 0 Å². The van der Waals surface area contributed by atoms with E-state index in [9.17, 15) is 10.1 Å². The second-order valence-corrected chi connectivity index (χ2v) is 3.90. The summed E-state index contributed by atoms with van der Waals surface area (Å²) in [5.74, 6) is 0.350. The SMILES string of the molecule is N#CCc1ccc(Oc2nc(N)ccc2[N+](=O)[O-])cc1. The second-order valence-electron chi connectivity index (χ2n) is 3.90. The Bertz CT molecular complexity index is 677. The van der Waals surface area contributed by atoms with E-state index in [2.05, 4.69) is 4.98 Å². The van der Waals surface area contributed by atoms with Crippen molar-refractivity contribution in [3.05, 3.63) is 52.1 Å². The number of aromatic nitrogens is 1. The maximum Gasteiger partial charge on any atom is 0.331 e. The molecule has 1 aromatic carbocycles. The molecule has 20 heavy (non-hydrogen) atoms. The van der Waals surface area contributed by atoms with Crippen molar-refractivity contribution >= 4 is 11.5 Å². The summed E-state index contributed by atoms with van der Waals surface area (Å²) in [6.45, 7) is 0. The summed E-state index contributed by atoms with van der Waals surface area (Å²) in [4.78, 5) is 14.1. The molecule has 0 aliphatic rings. The van der Waals surface area contributed by atoms with Crippen LogP contribution in [0.1, 0.15) is 5.56 Å². The first-order valence-electron chi connectivity index (χ1n) is 5.65. The van der Waals surface area contributed by atoms with Crippen LogP contribution in [0.4, 0.5) is 11.5 Å². The number of ether oxygens (including phenoxy) is 1. The van der Waals surface area contributed by atoms with Crippen molar-refractivity contribution in [1.29, 1.82) is 5.26 Å². The van der Waals surface area contributed by atoms with Crippen LogP contribution >= 0.6 is 0 Å². The minimum absolute atomic E-state index is 0.131. The third-order valence-electron chi connectivity index (χ3n) is 2.48. The van der Waals surface area contributed by atoms with E-state index in [0.29, 0.717) is 5.75 Å². The van der Waals surface area contributed by atoms with Crippen molar-refractivity contribution < 1.29 is 9.66 Å². The van der Waals surface area contributed by atoms with Gasteiger partial charge in [0.1, 0.15) is 11.6 Å². The molecule has 2 rings (SSSR count). The highest BCUT2D eigenvalue weighted by Gasteiger charge is 2.17. The molecule has 2 aromatic rings. The van der Waals surface area contributed by atoms with Gasteiger partial charge in [-0.05, 0) is 23.8 Å². The number of nitro groups is 1. The summed E-state index contributed by atoms with van der Waals surface area (Å²) in [5.41, 5.74) is 6.06. The van der Waals surface area contributed by atoms with Crippen molar-refractivity contribution in [2.24, 2.45) is 0 Å². The number of rotatable bonds is 4. The van der Waals surface area contributed by atoms with Crippen LogP contribution in [0.15, 0.2) is 36.4 Å². The van der Waals surface area contributed by atoms with Crippen LogP contribution in [0.25, 0.3) is 0 Å². The van der Waals surface area contributed by atoms with Gasteiger partial charge in [-0.3, -0.25) is 10.1 Å². The molecule has 0 atom stereocenters. The minimum atomic E-state index is -0.591. The Labute approximate surface area is 114 Å². The standard InChI is InChI=1S/C13H10N4O3/c14-8-7-9-1-3-10(4-2-9)20-13-11(17(18)19)5-6-12(15)16-13/h1-6H,7H2,(H2,15,16). The molecule has 0 bridgehead atoms. The van der Waals surface area contributed by atoms with Crippen molar-refractivity contribution in [3.8, 4) is 17.7 Å². The van der Waals surface area contributed by atoms with E-state index in [1.54, 1.807) is 24.3 Å².